The van der Waals surface area contributed by atoms with Crippen LogP contribution >= 0.6 is 43.5 Å². The molecule has 3 nitrogen and oxygen atoms in total. The van der Waals surface area contributed by atoms with E-state index in [2.05, 4.69) is 31.9 Å². The predicted octanol–water partition coefficient (Wildman–Crippen LogP) is 5.19. The number of fused-ring (bicyclic) bond motifs is 1. The number of Topliss-reactive ketones (excluding diaryl/α,β-unsaturated/α-hetero) is 1. The molecule has 3 rings (SSSR count). The topological polar surface area (TPSA) is 46.5 Å². The minimum atomic E-state index is -0.215. The number of carbonyl (C=O) groups is 1. The fourth-order valence-electron chi connectivity index (χ4n) is 1.98. The summed E-state index contributed by atoms with van der Waals surface area (Å²) in [7, 11) is 0. The fraction of sp³-hybridized carbons (Fsp3) is 0. The number of aromatic hydroxyl groups is 1. The molecule has 0 atom stereocenters. The Morgan fingerprint density at radius 3 is 2.48 bits per heavy atom. The van der Waals surface area contributed by atoms with Crippen molar-refractivity contribution in [2.45, 2.75) is 0 Å². The minimum Gasteiger partial charge on any atom is -0.506 e. The van der Waals surface area contributed by atoms with Crippen LogP contribution in [0.25, 0.3) is 6.08 Å². The van der Waals surface area contributed by atoms with Gasteiger partial charge >= 0.3 is 0 Å². The number of phenols is 1. The van der Waals surface area contributed by atoms with Crippen LogP contribution in [-0.4, -0.2) is 10.9 Å². The van der Waals surface area contributed by atoms with Crippen LogP contribution < -0.4 is 4.74 Å². The molecular formula is C15H7Br2ClO3. The Morgan fingerprint density at radius 2 is 1.81 bits per heavy atom. The number of phenolic OH excluding ortho intramolecular Hbond substituents is 1. The van der Waals surface area contributed by atoms with Gasteiger partial charge in [0.15, 0.2) is 5.76 Å². The van der Waals surface area contributed by atoms with Gasteiger partial charge in [0.1, 0.15) is 11.5 Å². The maximum absolute atomic E-state index is 12.3. The Morgan fingerprint density at radius 1 is 1.14 bits per heavy atom. The van der Waals surface area contributed by atoms with Crippen molar-refractivity contribution in [1.82, 2.24) is 0 Å². The number of allylic oxidation sites excluding steroid dienone is 1. The number of benzene rings is 2. The number of ketones is 1. The van der Waals surface area contributed by atoms with Crippen molar-refractivity contribution in [3.63, 3.8) is 0 Å². The molecule has 0 amide bonds. The predicted molar refractivity (Wildman–Crippen MR) is 87.9 cm³/mol. The van der Waals surface area contributed by atoms with E-state index in [1.807, 2.05) is 0 Å². The van der Waals surface area contributed by atoms with E-state index in [4.69, 9.17) is 16.3 Å². The lowest BCUT2D eigenvalue weighted by Gasteiger charge is -2.03. The first-order valence-electron chi connectivity index (χ1n) is 5.87. The van der Waals surface area contributed by atoms with Crippen LogP contribution in [0.5, 0.6) is 11.5 Å². The summed E-state index contributed by atoms with van der Waals surface area (Å²) in [6.07, 6.45) is 1.62. The van der Waals surface area contributed by atoms with Crippen molar-refractivity contribution in [3.8, 4) is 11.5 Å². The molecule has 0 radical (unpaired) electrons. The highest BCUT2D eigenvalue weighted by atomic mass is 79.9. The molecule has 0 spiro atoms. The van der Waals surface area contributed by atoms with Gasteiger partial charge in [-0.3, -0.25) is 4.79 Å². The second kappa shape index (κ2) is 5.48. The fourth-order valence-corrected chi connectivity index (χ4v) is 3.37. The lowest BCUT2D eigenvalue weighted by Crippen LogP contribution is -1.98. The maximum atomic E-state index is 12.3. The summed E-state index contributed by atoms with van der Waals surface area (Å²) < 4.78 is 6.59. The van der Waals surface area contributed by atoms with Crippen LogP contribution in [0.1, 0.15) is 15.9 Å². The SMILES string of the molecule is O=C1C(=Cc2cc(Br)c(O)c(Br)c2)Oc2ccc(Cl)cc21. The molecule has 0 saturated carbocycles. The molecule has 0 bridgehead atoms. The van der Waals surface area contributed by atoms with Crippen LogP contribution in [0.2, 0.25) is 5.02 Å². The minimum absolute atomic E-state index is 0.103. The molecule has 0 fully saturated rings. The number of carbonyl (C=O) groups excluding carboxylic acids is 1. The first-order valence-corrected chi connectivity index (χ1v) is 7.84. The molecule has 6 heteroatoms. The van der Waals surface area contributed by atoms with Crippen LogP contribution in [0.4, 0.5) is 0 Å². The summed E-state index contributed by atoms with van der Waals surface area (Å²) in [5, 5.41) is 10.2. The first kappa shape index (κ1) is 14.6. The zero-order valence-electron chi connectivity index (χ0n) is 10.4. The third-order valence-corrected chi connectivity index (χ3v) is 4.41. The van der Waals surface area contributed by atoms with Gasteiger partial charge in [0.2, 0.25) is 5.78 Å². The Hall–Kier alpha value is -1.30. The molecular weight excluding hydrogens is 423 g/mol. The van der Waals surface area contributed by atoms with Crippen molar-refractivity contribution < 1.29 is 14.6 Å². The van der Waals surface area contributed by atoms with E-state index in [-0.39, 0.29) is 17.3 Å². The van der Waals surface area contributed by atoms with E-state index >= 15 is 0 Å². The van der Waals surface area contributed by atoms with Crippen molar-refractivity contribution in [3.05, 3.63) is 61.2 Å². The first-order chi connectivity index (χ1) is 9.95. The van der Waals surface area contributed by atoms with E-state index in [0.717, 1.165) is 0 Å². The van der Waals surface area contributed by atoms with Gasteiger partial charge in [0, 0.05) is 5.02 Å². The van der Waals surface area contributed by atoms with Crippen molar-refractivity contribution in [2.24, 2.45) is 0 Å². The molecule has 0 aliphatic carbocycles. The molecule has 0 saturated heterocycles. The number of hydrogen-bond donors (Lipinski definition) is 1. The second-order valence-corrected chi connectivity index (χ2v) is 6.56. The molecule has 2 aromatic carbocycles. The third kappa shape index (κ3) is 2.73. The maximum Gasteiger partial charge on any atom is 0.232 e. The molecule has 1 heterocycles. The summed E-state index contributed by atoms with van der Waals surface area (Å²) >= 11 is 12.4. The van der Waals surface area contributed by atoms with Crippen molar-refractivity contribution >= 4 is 55.3 Å². The van der Waals surface area contributed by atoms with Crippen LogP contribution in [-0.2, 0) is 0 Å². The van der Waals surface area contributed by atoms with Gasteiger partial charge in [-0.25, -0.2) is 0 Å². The van der Waals surface area contributed by atoms with E-state index in [9.17, 15) is 9.90 Å². The van der Waals surface area contributed by atoms with Gasteiger partial charge in [0.05, 0.1) is 14.5 Å². The normalized spacial score (nSPS) is 15.2. The van der Waals surface area contributed by atoms with Crippen molar-refractivity contribution in [1.29, 1.82) is 0 Å². The van der Waals surface area contributed by atoms with Crippen LogP contribution in [0, 0.1) is 0 Å². The summed E-state index contributed by atoms with van der Waals surface area (Å²) in [5.41, 5.74) is 1.17. The summed E-state index contributed by atoms with van der Waals surface area (Å²) in [4.78, 5) is 12.3. The highest BCUT2D eigenvalue weighted by Gasteiger charge is 2.27. The number of rotatable bonds is 1. The van der Waals surface area contributed by atoms with E-state index in [1.165, 1.54) is 0 Å². The second-order valence-electron chi connectivity index (χ2n) is 4.41. The average Bonchev–Trinajstić information content (AvgIpc) is 2.73. The molecule has 1 aliphatic rings. The van der Waals surface area contributed by atoms with E-state index < -0.39 is 0 Å². The zero-order valence-corrected chi connectivity index (χ0v) is 14.3. The highest BCUT2D eigenvalue weighted by molar-refractivity contribution is 9.11. The van der Waals surface area contributed by atoms with E-state index in [0.29, 0.717) is 30.8 Å². The standard InChI is InChI=1S/C15H7Br2ClO3/c16-10-3-7(4-11(17)15(10)20)5-13-14(19)9-6-8(18)1-2-12(9)21-13/h1-6,20H. The molecule has 2 aromatic rings. The summed E-state index contributed by atoms with van der Waals surface area (Å²) in [5.74, 6) is 0.600. The Labute approximate surface area is 142 Å². The molecule has 0 unspecified atom stereocenters. The Bertz CT molecular complexity index is 776. The van der Waals surface area contributed by atoms with Crippen molar-refractivity contribution in [2.75, 3.05) is 0 Å². The lowest BCUT2D eigenvalue weighted by molar-refractivity contribution is 0.101. The van der Waals surface area contributed by atoms with Crippen LogP contribution in [0.15, 0.2) is 45.0 Å². The Balaban J connectivity index is 2.02. The zero-order chi connectivity index (χ0) is 15.1. The van der Waals surface area contributed by atoms with E-state index in [1.54, 1.807) is 36.4 Å². The van der Waals surface area contributed by atoms with Gasteiger partial charge < -0.3 is 9.84 Å². The molecule has 106 valence electrons. The van der Waals surface area contributed by atoms with Gasteiger partial charge in [0.25, 0.3) is 0 Å². The number of hydrogen-bond acceptors (Lipinski definition) is 3. The molecule has 0 aromatic heterocycles. The van der Waals surface area contributed by atoms with Crippen LogP contribution in [0.3, 0.4) is 0 Å². The molecule has 21 heavy (non-hydrogen) atoms. The van der Waals surface area contributed by atoms with Gasteiger partial charge in [-0.2, -0.15) is 0 Å². The smallest absolute Gasteiger partial charge is 0.232 e. The summed E-state index contributed by atoms with van der Waals surface area (Å²) in [6, 6.07) is 8.31. The number of ether oxygens (including phenoxy) is 1. The molecule has 1 N–H and O–H groups in total. The number of halogens is 3. The van der Waals surface area contributed by atoms with Gasteiger partial charge in [-0.05, 0) is 73.8 Å². The van der Waals surface area contributed by atoms with Gasteiger partial charge in [-0.1, -0.05) is 11.6 Å². The largest absolute Gasteiger partial charge is 0.506 e. The molecule has 1 aliphatic heterocycles. The lowest BCUT2D eigenvalue weighted by atomic mass is 10.1. The average molecular weight is 430 g/mol. The highest BCUT2D eigenvalue weighted by Crippen LogP contribution is 2.36. The third-order valence-electron chi connectivity index (χ3n) is 2.97. The Kier molecular flexibility index (Phi) is 3.82. The summed E-state index contributed by atoms with van der Waals surface area (Å²) in [6.45, 7) is 0. The quantitative estimate of drug-likeness (QED) is 0.634. The monoisotopic (exact) mass is 428 g/mol. The van der Waals surface area contributed by atoms with Gasteiger partial charge in [-0.15, -0.1) is 0 Å².